The Labute approximate surface area is 82.5 Å². The Hall–Kier alpha value is -1.36. The zero-order valence-corrected chi connectivity index (χ0v) is 8.16. The molecule has 0 aromatic carbocycles. The molecule has 0 bridgehead atoms. The van der Waals surface area contributed by atoms with Crippen LogP contribution in [0, 0.1) is 0 Å². The summed E-state index contributed by atoms with van der Waals surface area (Å²) >= 11 is 0. The number of aryl methyl sites for hydroxylation is 1. The van der Waals surface area contributed by atoms with Crippen molar-refractivity contribution in [2.75, 3.05) is 11.9 Å². The van der Waals surface area contributed by atoms with Gasteiger partial charge >= 0.3 is 0 Å². The third kappa shape index (κ3) is 2.32. The molecular weight excluding hydrogens is 180 g/mol. The normalized spacial score (nSPS) is 15.5. The molecule has 0 radical (unpaired) electrons. The summed E-state index contributed by atoms with van der Waals surface area (Å²) in [5.41, 5.74) is 0. The van der Waals surface area contributed by atoms with Crippen molar-refractivity contribution in [2.24, 2.45) is 7.05 Å². The second-order valence-corrected chi connectivity index (χ2v) is 3.54. The second-order valence-electron chi connectivity index (χ2n) is 3.54. The Morgan fingerprint density at radius 3 is 3.07 bits per heavy atom. The summed E-state index contributed by atoms with van der Waals surface area (Å²) in [5.74, 6) is 0.716. The molecule has 0 aliphatic heterocycles. The van der Waals surface area contributed by atoms with Crippen LogP contribution in [0.3, 0.4) is 0 Å². The zero-order valence-electron chi connectivity index (χ0n) is 8.16. The van der Waals surface area contributed by atoms with Gasteiger partial charge in [-0.05, 0) is 12.8 Å². The number of nitrogens with zero attached hydrogens (tertiary/aromatic N) is 2. The molecule has 5 nitrogen and oxygen atoms in total. The van der Waals surface area contributed by atoms with Crippen LogP contribution in [0.15, 0.2) is 12.3 Å². The molecule has 1 amide bonds. The molecule has 1 saturated carbocycles. The highest BCUT2D eigenvalue weighted by atomic mass is 16.2. The van der Waals surface area contributed by atoms with Crippen LogP contribution in [-0.2, 0) is 11.8 Å². The van der Waals surface area contributed by atoms with Crippen LogP contribution in [-0.4, -0.2) is 28.3 Å². The quantitative estimate of drug-likeness (QED) is 0.715. The minimum absolute atomic E-state index is 0.0134. The van der Waals surface area contributed by atoms with Crippen LogP contribution in [0.25, 0.3) is 0 Å². The second kappa shape index (κ2) is 3.79. The van der Waals surface area contributed by atoms with Gasteiger partial charge in [0.05, 0.1) is 12.7 Å². The number of carbonyl (C=O) groups is 1. The lowest BCUT2D eigenvalue weighted by Crippen LogP contribution is -2.30. The first-order chi connectivity index (χ1) is 6.75. The average Bonchev–Trinajstić information content (AvgIpc) is 2.90. The van der Waals surface area contributed by atoms with E-state index in [0.717, 1.165) is 5.82 Å². The van der Waals surface area contributed by atoms with E-state index in [4.69, 9.17) is 0 Å². The molecule has 1 aromatic rings. The van der Waals surface area contributed by atoms with Crippen LogP contribution in [0.2, 0.25) is 0 Å². The van der Waals surface area contributed by atoms with Crippen molar-refractivity contribution in [2.45, 2.75) is 18.9 Å². The van der Waals surface area contributed by atoms with E-state index in [9.17, 15) is 4.79 Å². The van der Waals surface area contributed by atoms with Gasteiger partial charge in [-0.1, -0.05) is 0 Å². The van der Waals surface area contributed by atoms with E-state index in [1.165, 1.54) is 12.8 Å². The highest BCUT2D eigenvalue weighted by Crippen LogP contribution is 2.18. The van der Waals surface area contributed by atoms with E-state index < -0.39 is 0 Å². The standard InChI is InChI=1S/C9H14N4O/c1-13-8(4-5-11-13)12-9(14)6-10-7-2-3-7/h4-5,7,10H,2-3,6H2,1H3,(H,12,14). The van der Waals surface area contributed by atoms with Crippen molar-refractivity contribution in [1.29, 1.82) is 0 Å². The number of carbonyl (C=O) groups excluding carboxylic acids is 1. The lowest BCUT2D eigenvalue weighted by molar-refractivity contribution is -0.115. The van der Waals surface area contributed by atoms with Crippen LogP contribution < -0.4 is 10.6 Å². The van der Waals surface area contributed by atoms with Gasteiger partial charge in [-0.3, -0.25) is 9.48 Å². The number of anilines is 1. The van der Waals surface area contributed by atoms with Gasteiger partial charge in [-0.25, -0.2) is 0 Å². The average molecular weight is 194 g/mol. The van der Waals surface area contributed by atoms with Crippen LogP contribution >= 0.6 is 0 Å². The third-order valence-corrected chi connectivity index (χ3v) is 2.22. The molecule has 0 spiro atoms. The van der Waals surface area contributed by atoms with E-state index in [-0.39, 0.29) is 5.91 Å². The first kappa shape index (κ1) is 9.21. The Morgan fingerprint density at radius 1 is 1.71 bits per heavy atom. The molecule has 1 aliphatic carbocycles. The number of hydrogen-bond donors (Lipinski definition) is 2. The molecule has 76 valence electrons. The molecule has 14 heavy (non-hydrogen) atoms. The first-order valence-corrected chi connectivity index (χ1v) is 4.77. The molecule has 5 heteroatoms. The van der Waals surface area contributed by atoms with Crippen molar-refractivity contribution in [3.63, 3.8) is 0 Å². The summed E-state index contributed by atoms with van der Waals surface area (Å²) in [7, 11) is 1.80. The predicted molar refractivity (Wildman–Crippen MR) is 52.9 cm³/mol. The SMILES string of the molecule is Cn1nccc1NC(=O)CNC1CC1. The number of rotatable bonds is 4. The van der Waals surface area contributed by atoms with Gasteiger partial charge < -0.3 is 10.6 Å². The Morgan fingerprint density at radius 2 is 2.50 bits per heavy atom. The van der Waals surface area contributed by atoms with Gasteiger partial charge in [0, 0.05) is 19.2 Å². The van der Waals surface area contributed by atoms with Crippen molar-refractivity contribution in [3.05, 3.63) is 12.3 Å². The maximum absolute atomic E-state index is 11.4. The van der Waals surface area contributed by atoms with Gasteiger partial charge in [-0.15, -0.1) is 0 Å². The van der Waals surface area contributed by atoms with Crippen LogP contribution in [0.5, 0.6) is 0 Å². The van der Waals surface area contributed by atoms with Gasteiger partial charge in [0.1, 0.15) is 5.82 Å². The number of hydrogen-bond acceptors (Lipinski definition) is 3. The van der Waals surface area contributed by atoms with Crippen molar-refractivity contribution < 1.29 is 4.79 Å². The minimum Gasteiger partial charge on any atom is -0.310 e. The molecule has 0 atom stereocenters. The third-order valence-electron chi connectivity index (χ3n) is 2.22. The van der Waals surface area contributed by atoms with Crippen LogP contribution in [0.1, 0.15) is 12.8 Å². The zero-order chi connectivity index (χ0) is 9.97. The summed E-state index contributed by atoms with van der Waals surface area (Å²) in [4.78, 5) is 11.4. The summed E-state index contributed by atoms with van der Waals surface area (Å²) < 4.78 is 1.63. The van der Waals surface area contributed by atoms with Crippen molar-refractivity contribution >= 4 is 11.7 Å². The molecule has 2 rings (SSSR count). The highest BCUT2D eigenvalue weighted by Gasteiger charge is 2.21. The predicted octanol–water partition coefficient (Wildman–Crippen LogP) is 0.111. The minimum atomic E-state index is -0.0134. The Kier molecular flexibility index (Phi) is 2.49. The first-order valence-electron chi connectivity index (χ1n) is 4.77. The lowest BCUT2D eigenvalue weighted by Gasteiger charge is -2.05. The molecule has 2 N–H and O–H groups in total. The van der Waals surface area contributed by atoms with Gasteiger partial charge in [0.2, 0.25) is 5.91 Å². The number of amides is 1. The topological polar surface area (TPSA) is 59.0 Å². The maximum Gasteiger partial charge on any atom is 0.239 e. The molecule has 0 unspecified atom stereocenters. The lowest BCUT2D eigenvalue weighted by atomic mass is 10.5. The highest BCUT2D eigenvalue weighted by molar-refractivity contribution is 5.91. The van der Waals surface area contributed by atoms with E-state index >= 15 is 0 Å². The van der Waals surface area contributed by atoms with E-state index in [1.54, 1.807) is 24.0 Å². The molecule has 1 aromatic heterocycles. The largest absolute Gasteiger partial charge is 0.310 e. The monoisotopic (exact) mass is 194 g/mol. The fourth-order valence-electron chi connectivity index (χ4n) is 1.21. The van der Waals surface area contributed by atoms with E-state index in [0.29, 0.717) is 12.6 Å². The molecule has 1 heterocycles. The fourth-order valence-corrected chi connectivity index (χ4v) is 1.21. The Bertz CT molecular complexity index is 329. The number of aromatic nitrogens is 2. The summed E-state index contributed by atoms with van der Waals surface area (Å²) in [5, 5.41) is 9.88. The summed E-state index contributed by atoms with van der Waals surface area (Å²) in [6, 6.07) is 2.34. The van der Waals surface area contributed by atoms with E-state index in [1.807, 2.05) is 0 Å². The smallest absolute Gasteiger partial charge is 0.239 e. The summed E-state index contributed by atoms with van der Waals surface area (Å²) in [6.45, 7) is 0.385. The van der Waals surface area contributed by atoms with Gasteiger partial charge in [-0.2, -0.15) is 5.10 Å². The van der Waals surface area contributed by atoms with Crippen molar-refractivity contribution in [3.8, 4) is 0 Å². The van der Waals surface area contributed by atoms with E-state index in [2.05, 4.69) is 15.7 Å². The molecular formula is C9H14N4O. The summed E-state index contributed by atoms with van der Waals surface area (Å²) in [6.07, 6.45) is 4.04. The maximum atomic E-state index is 11.4. The fraction of sp³-hybridized carbons (Fsp3) is 0.556. The van der Waals surface area contributed by atoms with Gasteiger partial charge in [0.25, 0.3) is 0 Å². The van der Waals surface area contributed by atoms with Crippen molar-refractivity contribution in [1.82, 2.24) is 15.1 Å². The Balaban J connectivity index is 1.78. The molecule has 1 fully saturated rings. The van der Waals surface area contributed by atoms with Gasteiger partial charge in [0.15, 0.2) is 0 Å². The number of nitrogens with one attached hydrogen (secondary N) is 2. The molecule has 0 saturated heterocycles. The van der Waals surface area contributed by atoms with Crippen LogP contribution in [0.4, 0.5) is 5.82 Å². The molecule has 1 aliphatic rings.